The molecule has 2 N–H and O–H groups in total. The molecule has 1 atom stereocenters. The van der Waals surface area contributed by atoms with E-state index < -0.39 is 6.10 Å². The lowest BCUT2D eigenvalue weighted by molar-refractivity contribution is 0.0644. The molecule has 1 heterocycles. The molecule has 0 radical (unpaired) electrons. The Bertz CT molecular complexity index is 468. The molecule has 0 spiro atoms. The van der Waals surface area contributed by atoms with Crippen molar-refractivity contribution in [3.8, 4) is 5.69 Å². The van der Waals surface area contributed by atoms with E-state index in [4.69, 9.17) is 4.74 Å². The Morgan fingerprint density at radius 2 is 2.16 bits per heavy atom. The fourth-order valence-electron chi connectivity index (χ4n) is 1.83. The Balaban J connectivity index is 1.82. The number of rotatable bonds is 7. The predicted molar refractivity (Wildman–Crippen MR) is 73.2 cm³/mol. The average molecular weight is 261 g/mol. The fourth-order valence-corrected chi connectivity index (χ4v) is 1.83. The van der Waals surface area contributed by atoms with Crippen LogP contribution >= 0.6 is 0 Å². The normalized spacial score (nSPS) is 12.5. The number of nitrogens with one attached hydrogen (secondary N) is 1. The Kier molecular flexibility index (Phi) is 5.09. The van der Waals surface area contributed by atoms with E-state index >= 15 is 0 Å². The molecular formula is C14H19N3O2. The van der Waals surface area contributed by atoms with Gasteiger partial charge in [-0.15, -0.1) is 0 Å². The molecule has 0 saturated heterocycles. The summed E-state index contributed by atoms with van der Waals surface area (Å²) in [7, 11) is 1.58. The van der Waals surface area contributed by atoms with E-state index in [1.807, 2.05) is 22.9 Å². The number of hydrogen-bond acceptors (Lipinski definition) is 4. The largest absolute Gasteiger partial charge is 0.389 e. The van der Waals surface area contributed by atoms with Crippen LogP contribution in [0.3, 0.4) is 0 Å². The van der Waals surface area contributed by atoms with Crippen molar-refractivity contribution in [3.63, 3.8) is 0 Å². The van der Waals surface area contributed by atoms with Crippen LogP contribution in [0.5, 0.6) is 0 Å². The predicted octanol–water partition coefficient (Wildman–Crippen LogP) is 0.969. The van der Waals surface area contributed by atoms with Crippen molar-refractivity contribution in [2.75, 3.05) is 20.3 Å². The monoisotopic (exact) mass is 261 g/mol. The highest BCUT2D eigenvalue weighted by molar-refractivity contribution is 5.34. The minimum atomic E-state index is -0.463. The summed E-state index contributed by atoms with van der Waals surface area (Å²) in [6.45, 7) is 1.61. The first kappa shape index (κ1) is 13.7. The summed E-state index contributed by atoms with van der Waals surface area (Å²) in [5.41, 5.74) is 2.26. The maximum absolute atomic E-state index is 9.50. The molecule has 0 amide bonds. The van der Waals surface area contributed by atoms with Crippen molar-refractivity contribution in [1.29, 1.82) is 0 Å². The van der Waals surface area contributed by atoms with Crippen LogP contribution in [0, 0.1) is 0 Å². The van der Waals surface area contributed by atoms with E-state index in [-0.39, 0.29) is 0 Å². The van der Waals surface area contributed by atoms with Gasteiger partial charge in [-0.2, -0.15) is 0 Å². The Morgan fingerprint density at radius 1 is 1.37 bits per heavy atom. The maximum atomic E-state index is 9.50. The van der Waals surface area contributed by atoms with Gasteiger partial charge in [-0.3, -0.25) is 0 Å². The van der Waals surface area contributed by atoms with E-state index in [1.54, 1.807) is 19.6 Å². The third-order valence-corrected chi connectivity index (χ3v) is 2.81. The summed E-state index contributed by atoms with van der Waals surface area (Å²) in [6, 6.07) is 8.21. The van der Waals surface area contributed by atoms with Gasteiger partial charge in [-0.25, -0.2) is 4.98 Å². The molecule has 1 unspecified atom stereocenters. The number of aromatic nitrogens is 2. The van der Waals surface area contributed by atoms with Crippen molar-refractivity contribution >= 4 is 0 Å². The van der Waals surface area contributed by atoms with E-state index in [2.05, 4.69) is 22.4 Å². The second-order valence-electron chi connectivity index (χ2n) is 4.38. The first-order chi connectivity index (χ1) is 9.29. The first-order valence-electron chi connectivity index (χ1n) is 6.24. The van der Waals surface area contributed by atoms with Crippen LogP contribution in [-0.4, -0.2) is 41.0 Å². The SMILES string of the molecule is COCC(O)CNCc1ccc(-n2ccnc2)cc1. The third kappa shape index (κ3) is 4.17. The van der Waals surface area contributed by atoms with Crippen molar-refractivity contribution in [2.45, 2.75) is 12.6 Å². The summed E-state index contributed by atoms with van der Waals surface area (Å²) in [5, 5.41) is 12.7. The number of methoxy groups -OCH3 is 1. The second kappa shape index (κ2) is 7.04. The number of ether oxygens (including phenoxy) is 1. The molecule has 2 aromatic rings. The number of nitrogens with zero attached hydrogens (tertiary/aromatic N) is 2. The van der Waals surface area contributed by atoms with Crippen LogP contribution in [0.25, 0.3) is 5.69 Å². The molecule has 19 heavy (non-hydrogen) atoms. The molecular weight excluding hydrogens is 242 g/mol. The first-order valence-corrected chi connectivity index (χ1v) is 6.24. The molecule has 0 fully saturated rings. The molecule has 5 nitrogen and oxygen atoms in total. The van der Waals surface area contributed by atoms with Gasteiger partial charge in [-0.05, 0) is 17.7 Å². The molecule has 0 bridgehead atoms. The standard InChI is InChI=1S/C14H19N3O2/c1-19-10-14(18)9-16-8-12-2-4-13(5-3-12)17-7-6-15-11-17/h2-7,11,14,16,18H,8-10H2,1H3. The van der Waals surface area contributed by atoms with Crippen molar-refractivity contribution in [2.24, 2.45) is 0 Å². The van der Waals surface area contributed by atoms with E-state index in [1.165, 1.54) is 5.56 Å². The smallest absolute Gasteiger partial charge is 0.0991 e. The summed E-state index contributed by atoms with van der Waals surface area (Å²) < 4.78 is 6.82. The Labute approximate surface area is 112 Å². The highest BCUT2D eigenvalue weighted by Gasteiger charge is 2.02. The van der Waals surface area contributed by atoms with Gasteiger partial charge >= 0.3 is 0 Å². The van der Waals surface area contributed by atoms with E-state index in [0.717, 1.165) is 12.2 Å². The highest BCUT2D eigenvalue weighted by Crippen LogP contribution is 2.09. The van der Waals surface area contributed by atoms with Crippen LogP contribution in [0.4, 0.5) is 0 Å². The third-order valence-electron chi connectivity index (χ3n) is 2.81. The molecule has 0 aliphatic heterocycles. The van der Waals surface area contributed by atoms with E-state index in [9.17, 15) is 5.11 Å². The van der Waals surface area contributed by atoms with Crippen molar-refractivity contribution in [1.82, 2.24) is 14.9 Å². The minimum Gasteiger partial charge on any atom is -0.389 e. The van der Waals surface area contributed by atoms with Crippen LogP contribution in [0.2, 0.25) is 0 Å². The Morgan fingerprint density at radius 3 is 2.79 bits per heavy atom. The number of imidazole rings is 1. The van der Waals surface area contributed by atoms with Gasteiger partial charge in [0.15, 0.2) is 0 Å². The van der Waals surface area contributed by atoms with Crippen LogP contribution < -0.4 is 5.32 Å². The van der Waals surface area contributed by atoms with Crippen molar-refractivity contribution < 1.29 is 9.84 Å². The summed E-state index contributed by atoms with van der Waals surface area (Å²) >= 11 is 0. The van der Waals surface area contributed by atoms with Crippen LogP contribution in [0.1, 0.15) is 5.56 Å². The second-order valence-corrected chi connectivity index (χ2v) is 4.38. The maximum Gasteiger partial charge on any atom is 0.0991 e. The number of benzene rings is 1. The molecule has 1 aromatic heterocycles. The lowest BCUT2D eigenvalue weighted by Crippen LogP contribution is -2.29. The van der Waals surface area contributed by atoms with Crippen molar-refractivity contribution in [3.05, 3.63) is 48.5 Å². The molecule has 0 aliphatic rings. The molecule has 102 valence electrons. The highest BCUT2D eigenvalue weighted by atomic mass is 16.5. The zero-order valence-electron chi connectivity index (χ0n) is 11.0. The number of hydrogen-bond donors (Lipinski definition) is 2. The number of aliphatic hydroxyl groups excluding tert-OH is 1. The summed E-state index contributed by atoms with van der Waals surface area (Å²) in [5.74, 6) is 0. The number of aliphatic hydroxyl groups is 1. The molecule has 5 heteroatoms. The molecule has 0 aliphatic carbocycles. The van der Waals surface area contributed by atoms with Gasteiger partial charge in [0.25, 0.3) is 0 Å². The minimum absolute atomic E-state index is 0.354. The van der Waals surface area contributed by atoms with Gasteiger partial charge in [0.1, 0.15) is 0 Å². The lowest BCUT2D eigenvalue weighted by Gasteiger charge is -2.11. The molecule has 0 saturated carbocycles. The van der Waals surface area contributed by atoms with Gasteiger partial charge in [0.2, 0.25) is 0 Å². The van der Waals surface area contributed by atoms with Gasteiger partial charge < -0.3 is 19.7 Å². The Hall–Kier alpha value is -1.69. The molecule has 2 rings (SSSR count). The zero-order chi connectivity index (χ0) is 13.5. The average Bonchev–Trinajstić information content (AvgIpc) is 2.94. The zero-order valence-corrected chi connectivity index (χ0v) is 11.0. The fraction of sp³-hybridized carbons (Fsp3) is 0.357. The molecule has 1 aromatic carbocycles. The lowest BCUT2D eigenvalue weighted by atomic mass is 10.2. The summed E-state index contributed by atoms with van der Waals surface area (Å²) in [4.78, 5) is 4.02. The quantitative estimate of drug-likeness (QED) is 0.779. The van der Waals surface area contributed by atoms with Gasteiger partial charge in [-0.1, -0.05) is 12.1 Å². The van der Waals surface area contributed by atoms with Gasteiger partial charge in [0.05, 0.1) is 19.0 Å². The van der Waals surface area contributed by atoms with Gasteiger partial charge in [0, 0.05) is 38.3 Å². The van der Waals surface area contributed by atoms with Crippen LogP contribution in [-0.2, 0) is 11.3 Å². The van der Waals surface area contributed by atoms with Crippen LogP contribution in [0.15, 0.2) is 43.0 Å². The summed E-state index contributed by atoms with van der Waals surface area (Å²) in [6.07, 6.45) is 4.98. The van der Waals surface area contributed by atoms with E-state index in [0.29, 0.717) is 13.2 Å². The topological polar surface area (TPSA) is 59.3 Å².